The fourth-order valence-corrected chi connectivity index (χ4v) is 2.42. The molecule has 5 heteroatoms. The van der Waals surface area contributed by atoms with E-state index >= 15 is 0 Å². The van der Waals surface area contributed by atoms with E-state index in [1.54, 1.807) is 18.2 Å². The van der Waals surface area contributed by atoms with Crippen molar-refractivity contribution in [1.29, 1.82) is 0 Å². The number of aromatic nitrogens is 2. The van der Waals surface area contributed by atoms with Gasteiger partial charge in [0.15, 0.2) is 0 Å². The molecular weight excluding hydrogens is 290 g/mol. The summed E-state index contributed by atoms with van der Waals surface area (Å²) in [7, 11) is 0. The second-order valence-corrected chi connectivity index (χ2v) is 5.27. The third kappa shape index (κ3) is 2.73. The highest BCUT2D eigenvalue weighted by Crippen LogP contribution is 2.19. The van der Waals surface area contributed by atoms with Gasteiger partial charge in [-0.25, -0.2) is 4.98 Å². The third-order valence-corrected chi connectivity index (χ3v) is 3.72. The van der Waals surface area contributed by atoms with Gasteiger partial charge in [-0.1, -0.05) is 31.2 Å². The van der Waals surface area contributed by atoms with Crippen molar-refractivity contribution >= 4 is 17.1 Å². The van der Waals surface area contributed by atoms with Gasteiger partial charge in [0.1, 0.15) is 11.6 Å². The highest BCUT2D eigenvalue weighted by atomic mass is 16.3. The van der Waals surface area contributed by atoms with Crippen LogP contribution in [0.15, 0.2) is 52.4 Å². The molecule has 0 atom stereocenters. The van der Waals surface area contributed by atoms with E-state index in [9.17, 15) is 9.90 Å². The van der Waals surface area contributed by atoms with Gasteiger partial charge >= 0.3 is 0 Å². The van der Waals surface area contributed by atoms with Crippen LogP contribution < -0.4 is 5.56 Å². The minimum absolute atomic E-state index is 0.163. The fourth-order valence-electron chi connectivity index (χ4n) is 2.42. The number of para-hydroxylation sites is 2. The third-order valence-electron chi connectivity index (χ3n) is 3.72. The Balaban J connectivity index is 2.16. The number of hydrogen-bond acceptors (Lipinski definition) is 4. The molecule has 1 heterocycles. The SMILES string of the molecule is CCc1nc2ccccc2c(=O)n1/N=C/c1cccc(C)c1O. The molecule has 1 aromatic heterocycles. The van der Waals surface area contributed by atoms with Gasteiger partial charge < -0.3 is 5.11 Å². The Morgan fingerprint density at radius 2 is 2.00 bits per heavy atom. The maximum absolute atomic E-state index is 12.6. The first-order valence-corrected chi connectivity index (χ1v) is 7.45. The monoisotopic (exact) mass is 307 g/mol. The molecule has 0 aliphatic rings. The molecule has 0 fully saturated rings. The molecule has 0 saturated carbocycles. The summed E-state index contributed by atoms with van der Waals surface area (Å²) in [4.78, 5) is 17.1. The van der Waals surface area contributed by atoms with E-state index in [4.69, 9.17) is 0 Å². The van der Waals surface area contributed by atoms with Gasteiger partial charge in [-0.15, -0.1) is 0 Å². The van der Waals surface area contributed by atoms with Gasteiger partial charge in [0.25, 0.3) is 5.56 Å². The molecule has 1 N–H and O–H groups in total. The summed E-state index contributed by atoms with van der Waals surface area (Å²) >= 11 is 0. The Labute approximate surface area is 133 Å². The lowest BCUT2D eigenvalue weighted by molar-refractivity contribution is 0.470. The molecule has 0 bridgehead atoms. The van der Waals surface area contributed by atoms with Crippen LogP contribution in [-0.2, 0) is 6.42 Å². The normalized spacial score (nSPS) is 11.4. The van der Waals surface area contributed by atoms with Crippen LogP contribution in [0.25, 0.3) is 10.9 Å². The summed E-state index contributed by atoms with van der Waals surface area (Å²) in [5.74, 6) is 0.744. The molecular formula is C18H17N3O2. The van der Waals surface area contributed by atoms with Crippen molar-refractivity contribution in [3.05, 3.63) is 69.8 Å². The van der Waals surface area contributed by atoms with Crippen molar-refractivity contribution < 1.29 is 5.11 Å². The zero-order valence-corrected chi connectivity index (χ0v) is 13.0. The van der Waals surface area contributed by atoms with Crippen molar-refractivity contribution in [2.75, 3.05) is 0 Å². The maximum atomic E-state index is 12.6. The number of fused-ring (bicyclic) bond motifs is 1. The van der Waals surface area contributed by atoms with Crippen LogP contribution in [0.1, 0.15) is 23.9 Å². The Bertz CT molecular complexity index is 958. The van der Waals surface area contributed by atoms with Crippen molar-refractivity contribution in [2.24, 2.45) is 5.10 Å². The van der Waals surface area contributed by atoms with Gasteiger partial charge in [0, 0.05) is 12.0 Å². The van der Waals surface area contributed by atoms with E-state index in [1.165, 1.54) is 10.9 Å². The molecule has 0 aliphatic heterocycles. The number of aryl methyl sites for hydroxylation is 2. The lowest BCUT2D eigenvalue weighted by Crippen LogP contribution is -2.22. The van der Waals surface area contributed by atoms with E-state index in [0.29, 0.717) is 28.7 Å². The molecule has 0 amide bonds. The number of nitrogens with zero attached hydrogens (tertiary/aromatic N) is 3. The van der Waals surface area contributed by atoms with Gasteiger partial charge in [0.2, 0.25) is 0 Å². The molecule has 0 unspecified atom stereocenters. The fraction of sp³-hybridized carbons (Fsp3) is 0.167. The van der Waals surface area contributed by atoms with Crippen molar-refractivity contribution in [3.8, 4) is 5.75 Å². The summed E-state index contributed by atoms with van der Waals surface area (Å²) < 4.78 is 1.30. The molecule has 23 heavy (non-hydrogen) atoms. The zero-order chi connectivity index (χ0) is 16.4. The Morgan fingerprint density at radius 3 is 2.78 bits per heavy atom. The van der Waals surface area contributed by atoms with Crippen LogP contribution in [0, 0.1) is 6.92 Å². The molecule has 0 aliphatic carbocycles. The average Bonchev–Trinajstić information content (AvgIpc) is 2.57. The standard InChI is InChI=1S/C18H17N3O2/c1-3-16-20-15-10-5-4-9-14(15)18(23)21(16)19-11-13-8-6-7-12(2)17(13)22/h4-11,22H,3H2,1-2H3/b19-11+. The lowest BCUT2D eigenvalue weighted by Gasteiger charge is -2.07. The first-order chi connectivity index (χ1) is 11.1. The first-order valence-electron chi connectivity index (χ1n) is 7.45. The van der Waals surface area contributed by atoms with Crippen molar-refractivity contribution in [1.82, 2.24) is 9.66 Å². The average molecular weight is 307 g/mol. The van der Waals surface area contributed by atoms with Crippen LogP contribution in [0.5, 0.6) is 5.75 Å². The molecule has 5 nitrogen and oxygen atoms in total. The van der Waals surface area contributed by atoms with Gasteiger partial charge in [-0.2, -0.15) is 9.78 Å². The number of phenols is 1. The predicted molar refractivity (Wildman–Crippen MR) is 91.2 cm³/mol. The highest BCUT2D eigenvalue weighted by molar-refractivity contribution is 5.84. The number of hydrogen-bond donors (Lipinski definition) is 1. The number of phenolic OH excluding ortho intramolecular Hbond substituents is 1. The quantitative estimate of drug-likeness (QED) is 0.757. The summed E-state index contributed by atoms with van der Waals surface area (Å²) in [5, 5.41) is 14.8. The number of aromatic hydroxyl groups is 1. The van der Waals surface area contributed by atoms with Crippen LogP contribution in [0.3, 0.4) is 0 Å². The first kappa shape index (κ1) is 15.0. The molecule has 3 aromatic rings. The van der Waals surface area contributed by atoms with Crippen LogP contribution in [0.2, 0.25) is 0 Å². The topological polar surface area (TPSA) is 67.5 Å². The lowest BCUT2D eigenvalue weighted by atomic mass is 10.1. The number of benzene rings is 2. The number of rotatable bonds is 3. The van der Waals surface area contributed by atoms with Crippen LogP contribution in [0.4, 0.5) is 0 Å². The van der Waals surface area contributed by atoms with Gasteiger partial charge in [0.05, 0.1) is 17.1 Å². The van der Waals surface area contributed by atoms with E-state index in [2.05, 4.69) is 10.1 Å². The Kier molecular flexibility index (Phi) is 3.93. The van der Waals surface area contributed by atoms with Crippen molar-refractivity contribution in [3.63, 3.8) is 0 Å². The minimum Gasteiger partial charge on any atom is -0.507 e. The molecule has 2 aromatic carbocycles. The van der Waals surface area contributed by atoms with E-state index < -0.39 is 0 Å². The van der Waals surface area contributed by atoms with Crippen molar-refractivity contribution in [2.45, 2.75) is 20.3 Å². The molecule has 0 spiro atoms. The highest BCUT2D eigenvalue weighted by Gasteiger charge is 2.09. The van der Waals surface area contributed by atoms with Gasteiger partial charge in [-0.3, -0.25) is 4.79 Å². The molecule has 3 rings (SSSR count). The maximum Gasteiger partial charge on any atom is 0.282 e. The summed E-state index contributed by atoms with van der Waals surface area (Å²) in [6, 6.07) is 12.6. The second kappa shape index (κ2) is 6.04. The molecule has 116 valence electrons. The molecule has 0 saturated heterocycles. The van der Waals surface area contributed by atoms with Gasteiger partial charge in [-0.05, 0) is 30.7 Å². The predicted octanol–water partition coefficient (Wildman–Crippen LogP) is 2.86. The summed E-state index contributed by atoms with van der Waals surface area (Å²) in [6.07, 6.45) is 2.07. The summed E-state index contributed by atoms with van der Waals surface area (Å²) in [5.41, 5.74) is 1.77. The van der Waals surface area contributed by atoms with E-state index in [-0.39, 0.29) is 11.3 Å². The zero-order valence-electron chi connectivity index (χ0n) is 13.0. The second-order valence-electron chi connectivity index (χ2n) is 5.27. The van der Waals surface area contributed by atoms with E-state index in [1.807, 2.05) is 38.1 Å². The smallest absolute Gasteiger partial charge is 0.282 e. The van der Waals surface area contributed by atoms with Crippen LogP contribution >= 0.6 is 0 Å². The minimum atomic E-state index is -0.212. The van der Waals surface area contributed by atoms with E-state index in [0.717, 1.165) is 5.56 Å². The van der Waals surface area contributed by atoms with Crippen LogP contribution in [-0.4, -0.2) is 21.0 Å². The molecule has 0 radical (unpaired) electrons. The Morgan fingerprint density at radius 1 is 1.22 bits per heavy atom. The summed E-state index contributed by atoms with van der Waals surface area (Å²) in [6.45, 7) is 3.74. The Hall–Kier alpha value is -2.95. The largest absolute Gasteiger partial charge is 0.507 e.